The predicted molar refractivity (Wildman–Crippen MR) is 120 cm³/mol. The average Bonchev–Trinajstić information content (AvgIpc) is 3.25. The van der Waals surface area contributed by atoms with E-state index < -0.39 is 18.1 Å². The molecule has 1 fully saturated rings. The molecule has 0 saturated carbocycles. The predicted octanol–water partition coefficient (Wildman–Crippen LogP) is 2.35. The van der Waals surface area contributed by atoms with Gasteiger partial charge in [0.05, 0.1) is 6.20 Å². The number of aromatic nitrogens is 4. The summed E-state index contributed by atoms with van der Waals surface area (Å²) in [5.74, 6) is 0.281. The van der Waals surface area contributed by atoms with E-state index in [4.69, 9.17) is 11.5 Å². The van der Waals surface area contributed by atoms with Gasteiger partial charge in [0.25, 0.3) is 5.91 Å². The Kier molecular flexibility index (Phi) is 5.88. The zero-order chi connectivity index (χ0) is 22.1. The highest BCUT2D eigenvalue weighted by atomic mass is 32.1. The lowest BCUT2D eigenvalue weighted by molar-refractivity contribution is 0.102. The third kappa shape index (κ3) is 4.37. The minimum absolute atomic E-state index is 0.158. The molecule has 31 heavy (non-hydrogen) atoms. The van der Waals surface area contributed by atoms with Crippen molar-refractivity contribution in [1.82, 2.24) is 19.7 Å². The maximum Gasteiger partial charge on any atom is 0.277 e. The number of hydrogen-bond donors (Lipinski definition) is 3. The number of nitrogens with one attached hydrogen (secondary N) is 1. The first-order valence-corrected chi connectivity index (χ1v) is 10.8. The number of thiazole rings is 1. The van der Waals surface area contributed by atoms with Crippen LogP contribution in [0.3, 0.4) is 0 Å². The Morgan fingerprint density at radius 2 is 2.13 bits per heavy atom. The van der Waals surface area contributed by atoms with E-state index in [1.165, 1.54) is 11.3 Å². The number of anilines is 3. The number of halogens is 1. The molecule has 3 aromatic rings. The molecular formula is C20H25FN8OS. The van der Waals surface area contributed by atoms with E-state index in [2.05, 4.69) is 20.4 Å². The van der Waals surface area contributed by atoms with Gasteiger partial charge in [-0.1, -0.05) is 11.3 Å². The van der Waals surface area contributed by atoms with Crippen LogP contribution in [0.1, 0.15) is 29.0 Å². The van der Waals surface area contributed by atoms with E-state index in [1.54, 1.807) is 24.1 Å². The lowest BCUT2D eigenvalue weighted by Gasteiger charge is -2.24. The van der Waals surface area contributed by atoms with E-state index >= 15 is 0 Å². The van der Waals surface area contributed by atoms with Gasteiger partial charge in [0.15, 0.2) is 11.5 Å². The van der Waals surface area contributed by atoms with E-state index in [0.717, 1.165) is 11.3 Å². The third-order valence-corrected chi connectivity index (χ3v) is 6.27. The Hall–Kier alpha value is -3.05. The SMILES string of the molecule is Cc1cc(-c2nc(C(=O)Nc3cnn(C)c3N3CC[C@@H](N)[C@H](F)CC3)c(N)s2)ccn1. The molecule has 1 aliphatic rings. The number of amides is 1. The molecule has 3 aromatic heterocycles. The van der Waals surface area contributed by atoms with Gasteiger partial charge in [-0.05, 0) is 31.9 Å². The summed E-state index contributed by atoms with van der Waals surface area (Å²) in [5, 5.41) is 8.11. The fourth-order valence-corrected chi connectivity index (χ4v) is 4.50. The highest BCUT2D eigenvalue weighted by molar-refractivity contribution is 7.19. The van der Waals surface area contributed by atoms with Gasteiger partial charge in [-0.2, -0.15) is 5.10 Å². The van der Waals surface area contributed by atoms with Gasteiger partial charge < -0.3 is 21.7 Å². The van der Waals surface area contributed by atoms with Crippen LogP contribution in [-0.2, 0) is 7.05 Å². The Bertz CT molecular complexity index is 1080. The van der Waals surface area contributed by atoms with Crippen molar-refractivity contribution in [2.75, 3.05) is 29.0 Å². The molecule has 0 aliphatic carbocycles. The van der Waals surface area contributed by atoms with Gasteiger partial charge in [-0.15, -0.1) is 0 Å². The average molecular weight is 445 g/mol. The first kappa shape index (κ1) is 21.2. The molecule has 4 heterocycles. The molecule has 11 heteroatoms. The molecule has 4 rings (SSSR count). The van der Waals surface area contributed by atoms with Crippen LogP contribution in [0.4, 0.5) is 20.9 Å². The minimum Gasteiger partial charge on any atom is -0.389 e. The summed E-state index contributed by atoms with van der Waals surface area (Å²) in [7, 11) is 1.78. The molecule has 1 aliphatic heterocycles. The molecule has 1 saturated heterocycles. The van der Waals surface area contributed by atoms with Crippen molar-refractivity contribution in [2.45, 2.75) is 32.0 Å². The van der Waals surface area contributed by atoms with Gasteiger partial charge in [0.2, 0.25) is 0 Å². The number of carbonyl (C=O) groups excluding carboxylic acids is 1. The summed E-state index contributed by atoms with van der Waals surface area (Å²) in [6.45, 7) is 2.95. The minimum atomic E-state index is -1.04. The summed E-state index contributed by atoms with van der Waals surface area (Å²) in [6, 6.07) is 3.23. The van der Waals surface area contributed by atoms with E-state index in [-0.39, 0.29) is 5.69 Å². The number of nitrogens with two attached hydrogens (primary N) is 2. The number of alkyl halides is 1. The van der Waals surface area contributed by atoms with Crippen LogP contribution in [0.25, 0.3) is 10.6 Å². The third-order valence-electron chi connectivity index (χ3n) is 5.34. The fraction of sp³-hybridized carbons (Fsp3) is 0.400. The summed E-state index contributed by atoms with van der Waals surface area (Å²) in [5.41, 5.74) is 14.4. The zero-order valence-corrected chi connectivity index (χ0v) is 18.2. The first-order chi connectivity index (χ1) is 14.8. The molecule has 0 aromatic carbocycles. The van der Waals surface area contributed by atoms with Gasteiger partial charge in [0.1, 0.15) is 21.9 Å². The van der Waals surface area contributed by atoms with E-state index in [9.17, 15) is 9.18 Å². The highest BCUT2D eigenvalue weighted by Crippen LogP contribution is 2.32. The molecule has 1 amide bonds. The first-order valence-electron chi connectivity index (χ1n) is 10.0. The van der Waals surface area contributed by atoms with Crippen LogP contribution >= 0.6 is 11.3 Å². The van der Waals surface area contributed by atoms with Crippen molar-refractivity contribution in [3.63, 3.8) is 0 Å². The van der Waals surface area contributed by atoms with Crippen LogP contribution in [0.15, 0.2) is 24.5 Å². The second-order valence-corrected chi connectivity index (χ2v) is 8.65. The maximum absolute atomic E-state index is 14.0. The standard InChI is InChI=1S/C20H25FN8OS/c1-11-9-12(3-6-24-11)19-27-16(17(23)31-19)18(30)26-15-10-25-28(2)20(15)29-7-4-13(21)14(22)5-8-29/h3,6,9-10,13-14H,4-5,7-8,22-23H2,1-2H3,(H,26,30)/t13-,14-/m1/s1. The summed E-state index contributed by atoms with van der Waals surface area (Å²) < 4.78 is 15.7. The monoisotopic (exact) mass is 444 g/mol. The van der Waals surface area contributed by atoms with E-state index in [0.29, 0.717) is 47.4 Å². The summed E-state index contributed by atoms with van der Waals surface area (Å²) >= 11 is 1.25. The second kappa shape index (κ2) is 8.60. The Balaban J connectivity index is 1.56. The normalized spacial score (nSPS) is 19.3. The number of nitrogens with zero attached hydrogens (tertiary/aromatic N) is 5. The van der Waals surface area contributed by atoms with Crippen LogP contribution in [0, 0.1) is 6.92 Å². The van der Waals surface area contributed by atoms with Crippen molar-refractivity contribution < 1.29 is 9.18 Å². The molecule has 5 N–H and O–H groups in total. The van der Waals surface area contributed by atoms with Crippen LogP contribution < -0.4 is 21.7 Å². The number of rotatable bonds is 4. The zero-order valence-electron chi connectivity index (χ0n) is 17.4. The molecule has 0 radical (unpaired) electrons. The lowest BCUT2D eigenvalue weighted by Crippen LogP contribution is -2.31. The lowest BCUT2D eigenvalue weighted by atomic mass is 10.1. The summed E-state index contributed by atoms with van der Waals surface area (Å²) in [6.07, 6.45) is 3.07. The van der Waals surface area contributed by atoms with Gasteiger partial charge in [-0.25, -0.2) is 9.37 Å². The molecule has 0 bridgehead atoms. The number of hydrogen-bond acceptors (Lipinski definition) is 8. The number of nitrogen functional groups attached to an aromatic ring is 1. The molecule has 164 valence electrons. The summed E-state index contributed by atoms with van der Waals surface area (Å²) in [4.78, 5) is 23.6. The van der Waals surface area contributed by atoms with Crippen LogP contribution in [0.5, 0.6) is 0 Å². The van der Waals surface area contributed by atoms with Crippen molar-refractivity contribution in [2.24, 2.45) is 12.8 Å². The van der Waals surface area contributed by atoms with E-state index in [1.807, 2.05) is 24.0 Å². The molecule has 2 atom stereocenters. The number of carbonyl (C=O) groups is 1. The molecular weight excluding hydrogens is 419 g/mol. The number of pyridine rings is 1. The van der Waals surface area contributed by atoms with Gasteiger partial charge in [0, 0.05) is 43.6 Å². The largest absolute Gasteiger partial charge is 0.389 e. The number of aryl methyl sites for hydroxylation is 2. The Morgan fingerprint density at radius 3 is 2.90 bits per heavy atom. The Morgan fingerprint density at radius 1 is 1.35 bits per heavy atom. The van der Waals surface area contributed by atoms with Gasteiger partial charge >= 0.3 is 0 Å². The van der Waals surface area contributed by atoms with Gasteiger partial charge in [-0.3, -0.25) is 14.5 Å². The molecule has 9 nitrogen and oxygen atoms in total. The Labute approximate surface area is 183 Å². The van der Waals surface area contributed by atoms with Crippen molar-refractivity contribution in [3.05, 3.63) is 35.9 Å². The smallest absolute Gasteiger partial charge is 0.277 e. The highest BCUT2D eigenvalue weighted by Gasteiger charge is 2.27. The quantitative estimate of drug-likeness (QED) is 0.563. The fourth-order valence-electron chi connectivity index (χ4n) is 3.68. The van der Waals surface area contributed by atoms with Crippen molar-refractivity contribution >= 4 is 33.8 Å². The maximum atomic E-state index is 14.0. The second-order valence-electron chi connectivity index (χ2n) is 7.62. The topological polar surface area (TPSA) is 128 Å². The molecule has 0 unspecified atom stereocenters. The van der Waals surface area contributed by atoms with Crippen molar-refractivity contribution in [3.8, 4) is 10.6 Å². The van der Waals surface area contributed by atoms with Crippen molar-refractivity contribution in [1.29, 1.82) is 0 Å². The van der Waals surface area contributed by atoms with Crippen LogP contribution in [-0.4, -0.2) is 51.0 Å². The molecule has 0 spiro atoms. The van der Waals surface area contributed by atoms with Crippen LogP contribution in [0.2, 0.25) is 0 Å².